The maximum atomic E-state index is 13.7. The van der Waals surface area contributed by atoms with Gasteiger partial charge in [-0.3, -0.25) is 14.7 Å². The lowest BCUT2D eigenvalue weighted by molar-refractivity contribution is -0.134. The Bertz CT molecular complexity index is 951. The summed E-state index contributed by atoms with van der Waals surface area (Å²) in [4.78, 5) is 32.2. The van der Waals surface area contributed by atoms with E-state index in [0.717, 1.165) is 37.1 Å². The van der Waals surface area contributed by atoms with Crippen molar-refractivity contribution in [3.63, 3.8) is 0 Å². The number of ether oxygens (including phenoxy) is 2. The van der Waals surface area contributed by atoms with Gasteiger partial charge in [0.25, 0.3) is 5.91 Å². The lowest BCUT2D eigenvalue weighted by Gasteiger charge is -2.37. The number of urea groups is 1. The standard InChI is InChI=1S/C21H22N4O4.ClH/c26-19-21(15-5-8-22-9-6-15,16-2-1-7-23-11-16)24-20(27)25(19)12-14-3-4-17-18(10-14)29-13-28-17;/h1-4,7,10-11,15,22H,5-6,8-9,12-13H2,(H,24,27);1H. The van der Waals surface area contributed by atoms with Gasteiger partial charge in [-0.05, 0) is 55.6 Å². The number of carbonyl (C=O) groups is 2. The fourth-order valence-corrected chi connectivity index (χ4v) is 4.52. The van der Waals surface area contributed by atoms with E-state index in [-0.39, 0.29) is 43.6 Å². The maximum absolute atomic E-state index is 13.7. The van der Waals surface area contributed by atoms with Gasteiger partial charge in [0.1, 0.15) is 0 Å². The van der Waals surface area contributed by atoms with Gasteiger partial charge in [0.05, 0.1) is 6.54 Å². The summed E-state index contributed by atoms with van der Waals surface area (Å²) < 4.78 is 10.8. The predicted molar refractivity (Wildman–Crippen MR) is 110 cm³/mol. The normalized spacial score (nSPS) is 23.3. The lowest BCUT2D eigenvalue weighted by atomic mass is 9.74. The van der Waals surface area contributed by atoms with E-state index >= 15 is 0 Å². The number of amides is 3. The first-order valence-electron chi connectivity index (χ1n) is 9.82. The quantitative estimate of drug-likeness (QED) is 0.722. The lowest BCUT2D eigenvalue weighted by Crippen LogP contribution is -2.53. The van der Waals surface area contributed by atoms with Crippen LogP contribution in [0.25, 0.3) is 0 Å². The van der Waals surface area contributed by atoms with Gasteiger partial charge >= 0.3 is 6.03 Å². The van der Waals surface area contributed by atoms with E-state index in [4.69, 9.17) is 9.47 Å². The van der Waals surface area contributed by atoms with Crippen molar-refractivity contribution in [2.45, 2.75) is 24.9 Å². The Morgan fingerprint density at radius 3 is 2.70 bits per heavy atom. The van der Waals surface area contributed by atoms with E-state index < -0.39 is 5.54 Å². The largest absolute Gasteiger partial charge is 0.454 e. The Hall–Kier alpha value is -2.84. The third kappa shape index (κ3) is 3.26. The summed E-state index contributed by atoms with van der Waals surface area (Å²) in [7, 11) is 0. The van der Waals surface area contributed by atoms with Gasteiger partial charge in [-0.2, -0.15) is 0 Å². The average molecular weight is 431 g/mol. The van der Waals surface area contributed by atoms with E-state index in [0.29, 0.717) is 11.5 Å². The molecular formula is C21H23ClN4O4. The second-order valence-electron chi connectivity index (χ2n) is 7.58. The van der Waals surface area contributed by atoms with Crippen LogP contribution in [-0.4, -0.2) is 41.7 Å². The smallest absolute Gasteiger partial charge is 0.325 e. The molecule has 1 aromatic carbocycles. The molecule has 0 saturated carbocycles. The number of benzene rings is 1. The van der Waals surface area contributed by atoms with Gasteiger partial charge in [-0.15, -0.1) is 12.4 Å². The molecule has 1 unspecified atom stereocenters. The molecule has 158 valence electrons. The number of carbonyl (C=O) groups excluding carboxylic acids is 2. The van der Waals surface area contributed by atoms with Crippen LogP contribution in [0.4, 0.5) is 4.79 Å². The van der Waals surface area contributed by atoms with Gasteiger partial charge in [0, 0.05) is 18.0 Å². The first-order valence-corrected chi connectivity index (χ1v) is 9.82. The van der Waals surface area contributed by atoms with Crippen LogP contribution in [0, 0.1) is 5.92 Å². The summed E-state index contributed by atoms with van der Waals surface area (Å²) in [5, 5.41) is 6.37. The number of imide groups is 1. The molecule has 30 heavy (non-hydrogen) atoms. The van der Waals surface area contributed by atoms with Gasteiger partial charge in [-0.25, -0.2) is 4.79 Å². The van der Waals surface area contributed by atoms with Crippen LogP contribution in [0.15, 0.2) is 42.7 Å². The number of fused-ring (bicyclic) bond motifs is 1. The van der Waals surface area contributed by atoms with Crippen LogP contribution in [0.1, 0.15) is 24.0 Å². The van der Waals surface area contributed by atoms with Crippen molar-refractivity contribution in [2.75, 3.05) is 19.9 Å². The zero-order chi connectivity index (χ0) is 19.8. The molecule has 0 radical (unpaired) electrons. The van der Waals surface area contributed by atoms with Gasteiger partial charge in [0.15, 0.2) is 17.0 Å². The fraction of sp³-hybridized carbons (Fsp3) is 0.381. The van der Waals surface area contributed by atoms with Crippen LogP contribution >= 0.6 is 12.4 Å². The number of hydrogen-bond donors (Lipinski definition) is 2. The minimum Gasteiger partial charge on any atom is -0.454 e. The second-order valence-corrected chi connectivity index (χ2v) is 7.58. The van der Waals surface area contributed by atoms with Crippen molar-refractivity contribution in [1.29, 1.82) is 0 Å². The highest BCUT2D eigenvalue weighted by atomic mass is 35.5. The molecule has 0 aliphatic carbocycles. The third-order valence-corrected chi connectivity index (χ3v) is 5.98. The summed E-state index contributed by atoms with van der Waals surface area (Å²) in [5.41, 5.74) is 0.465. The molecule has 8 nitrogen and oxygen atoms in total. The van der Waals surface area contributed by atoms with Crippen molar-refractivity contribution in [2.24, 2.45) is 5.92 Å². The first kappa shape index (κ1) is 20.4. The molecule has 2 N–H and O–H groups in total. The zero-order valence-electron chi connectivity index (χ0n) is 16.3. The fourth-order valence-electron chi connectivity index (χ4n) is 4.52. The molecule has 2 fully saturated rings. The van der Waals surface area contributed by atoms with Gasteiger partial charge < -0.3 is 20.1 Å². The van der Waals surface area contributed by atoms with Crippen LogP contribution in [0.5, 0.6) is 11.5 Å². The van der Waals surface area contributed by atoms with Crippen LogP contribution < -0.4 is 20.1 Å². The van der Waals surface area contributed by atoms with Crippen molar-refractivity contribution >= 4 is 24.3 Å². The molecule has 0 spiro atoms. The van der Waals surface area contributed by atoms with Crippen molar-refractivity contribution in [3.8, 4) is 11.5 Å². The van der Waals surface area contributed by atoms with Crippen molar-refractivity contribution in [1.82, 2.24) is 20.5 Å². The van der Waals surface area contributed by atoms with E-state index in [2.05, 4.69) is 15.6 Å². The molecule has 5 rings (SSSR count). The molecule has 2 saturated heterocycles. The first-order chi connectivity index (χ1) is 14.2. The highest BCUT2D eigenvalue weighted by molar-refractivity contribution is 6.07. The number of rotatable bonds is 4. The molecular weight excluding hydrogens is 408 g/mol. The van der Waals surface area contributed by atoms with E-state index in [1.807, 2.05) is 18.2 Å². The SMILES string of the molecule is Cl.O=C1NC(c2cccnc2)(C2CCNCC2)C(=O)N1Cc1ccc2c(c1)OCO2. The molecule has 3 amide bonds. The number of hydrogen-bond acceptors (Lipinski definition) is 6. The minimum absolute atomic E-state index is 0. The Kier molecular flexibility index (Phi) is 5.53. The summed E-state index contributed by atoms with van der Waals surface area (Å²) in [5.74, 6) is 1.09. The molecule has 0 bridgehead atoms. The summed E-state index contributed by atoms with van der Waals surface area (Å²) in [6, 6.07) is 8.77. The number of pyridine rings is 1. The van der Waals surface area contributed by atoms with E-state index in [9.17, 15) is 9.59 Å². The van der Waals surface area contributed by atoms with E-state index in [1.54, 1.807) is 24.5 Å². The highest BCUT2D eigenvalue weighted by Crippen LogP contribution is 2.41. The number of halogens is 1. The zero-order valence-corrected chi connectivity index (χ0v) is 17.1. The highest BCUT2D eigenvalue weighted by Gasteiger charge is 2.56. The van der Waals surface area contributed by atoms with Crippen molar-refractivity contribution in [3.05, 3.63) is 53.9 Å². The summed E-state index contributed by atoms with van der Waals surface area (Å²) in [6.45, 7) is 1.99. The summed E-state index contributed by atoms with van der Waals surface area (Å²) in [6.07, 6.45) is 4.97. The Labute approximate surface area is 180 Å². The topological polar surface area (TPSA) is 92.8 Å². The third-order valence-electron chi connectivity index (χ3n) is 5.98. The van der Waals surface area contributed by atoms with Crippen LogP contribution in [-0.2, 0) is 16.9 Å². The van der Waals surface area contributed by atoms with Gasteiger partial charge in [0.2, 0.25) is 6.79 Å². The Morgan fingerprint density at radius 2 is 1.93 bits per heavy atom. The second kappa shape index (κ2) is 8.12. The van der Waals surface area contributed by atoms with Crippen molar-refractivity contribution < 1.29 is 19.1 Å². The maximum Gasteiger partial charge on any atom is 0.325 e. The number of aromatic nitrogens is 1. The Balaban J connectivity index is 0.00000218. The molecule has 3 aliphatic rings. The Morgan fingerprint density at radius 1 is 1.13 bits per heavy atom. The molecule has 4 heterocycles. The molecule has 1 atom stereocenters. The van der Waals surface area contributed by atoms with Crippen LogP contribution in [0.2, 0.25) is 0 Å². The molecule has 2 aromatic rings. The predicted octanol–water partition coefficient (Wildman–Crippen LogP) is 2.18. The minimum atomic E-state index is -1.08. The van der Waals surface area contributed by atoms with Gasteiger partial charge in [-0.1, -0.05) is 12.1 Å². The number of piperidine rings is 1. The number of nitrogens with one attached hydrogen (secondary N) is 2. The van der Waals surface area contributed by atoms with E-state index in [1.165, 1.54) is 4.90 Å². The van der Waals surface area contributed by atoms with Crippen LogP contribution in [0.3, 0.4) is 0 Å². The molecule has 9 heteroatoms. The molecule has 3 aliphatic heterocycles. The average Bonchev–Trinajstić information content (AvgIpc) is 3.33. The molecule has 1 aromatic heterocycles. The monoisotopic (exact) mass is 430 g/mol. The number of nitrogens with zero attached hydrogens (tertiary/aromatic N) is 2. The summed E-state index contributed by atoms with van der Waals surface area (Å²) >= 11 is 0.